The molecule has 3 heterocycles. The molecule has 2 aromatic heterocycles. The van der Waals surface area contributed by atoms with Crippen LogP contribution in [0.2, 0.25) is 0 Å². The van der Waals surface area contributed by atoms with Crippen molar-refractivity contribution in [3.63, 3.8) is 0 Å². The fourth-order valence-corrected chi connectivity index (χ4v) is 12.6. The third-order valence-corrected chi connectivity index (χ3v) is 17.8. The predicted molar refractivity (Wildman–Crippen MR) is 358 cm³/mol. The number of rotatable bonds is 13. The van der Waals surface area contributed by atoms with Gasteiger partial charge < -0.3 is 19.1 Å². The number of para-hydroxylation sites is 1. The zero-order valence-electron chi connectivity index (χ0n) is 52.4. The SMILES string of the molecule is CC(C)c1cccc(C(C)C)c1-c1cc(Oc2[c-]c3c(c(C(C)(C)c4ccccc4)c2)c2ccccc2n3-c2cc(C(C)(C)c3ccccc3)ccn2)[c-]c(N2[CH-]N(c3cc(-c4ccccc4)cc(C(C)(C)C)c3)c3cc(C(C)(C)C)ccc32)c1.[Pt]. The van der Waals surface area contributed by atoms with Crippen LogP contribution in [-0.2, 0) is 42.7 Å². The third-order valence-electron chi connectivity index (χ3n) is 17.8. The Morgan fingerprint density at radius 3 is 1.71 bits per heavy atom. The van der Waals surface area contributed by atoms with Crippen LogP contribution in [0.4, 0.5) is 22.7 Å². The Morgan fingerprint density at radius 2 is 1.07 bits per heavy atom. The first-order valence-electron chi connectivity index (χ1n) is 30.3. The quantitative estimate of drug-likeness (QED) is 0.108. The van der Waals surface area contributed by atoms with Crippen LogP contribution in [0.25, 0.3) is 49.9 Å². The molecule has 1 aliphatic heterocycles. The van der Waals surface area contributed by atoms with E-state index >= 15 is 0 Å². The van der Waals surface area contributed by atoms with Gasteiger partial charge in [0.05, 0.1) is 0 Å². The number of pyridine rings is 1. The molecule has 9 aromatic carbocycles. The molecular weight excluding hydrogens is 1230 g/mol. The van der Waals surface area contributed by atoms with E-state index in [9.17, 15) is 0 Å². The Hall–Kier alpha value is -7.98. The summed E-state index contributed by atoms with van der Waals surface area (Å²) in [7, 11) is 0. The second-order valence-electron chi connectivity index (χ2n) is 27.0. The van der Waals surface area contributed by atoms with Gasteiger partial charge in [-0.05, 0) is 132 Å². The van der Waals surface area contributed by atoms with Gasteiger partial charge in [-0.2, -0.15) is 0 Å². The Morgan fingerprint density at radius 1 is 0.465 bits per heavy atom. The summed E-state index contributed by atoms with van der Waals surface area (Å²) >= 11 is 0. The molecule has 0 radical (unpaired) electrons. The van der Waals surface area contributed by atoms with Crippen LogP contribution in [0.3, 0.4) is 0 Å². The number of hydrogen-bond donors (Lipinski definition) is 0. The van der Waals surface area contributed by atoms with Crippen LogP contribution in [0, 0.1) is 18.8 Å². The van der Waals surface area contributed by atoms with Crippen LogP contribution >= 0.6 is 0 Å². The van der Waals surface area contributed by atoms with Crippen LogP contribution in [0.1, 0.15) is 153 Å². The molecule has 0 atom stereocenters. The third kappa shape index (κ3) is 11.1. The molecular formula is C80H79N4OPt-3. The van der Waals surface area contributed by atoms with Crippen LogP contribution < -0.4 is 14.5 Å². The summed E-state index contributed by atoms with van der Waals surface area (Å²) in [5, 5.41) is 2.24. The fourth-order valence-electron chi connectivity index (χ4n) is 12.6. The van der Waals surface area contributed by atoms with E-state index < -0.39 is 5.41 Å². The molecule has 0 unspecified atom stereocenters. The van der Waals surface area contributed by atoms with Gasteiger partial charge in [0.25, 0.3) is 0 Å². The molecule has 0 N–H and O–H groups in total. The van der Waals surface area contributed by atoms with Crippen molar-refractivity contribution < 1.29 is 25.8 Å². The Kier molecular flexibility index (Phi) is 16.0. The van der Waals surface area contributed by atoms with Gasteiger partial charge in [-0.3, -0.25) is 0 Å². The molecule has 12 rings (SSSR count). The molecule has 0 fully saturated rings. The van der Waals surface area contributed by atoms with Crippen LogP contribution in [-0.4, -0.2) is 9.55 Å². The summed E-state index contributed by atoms with van der Waals surface area (Å²) in [5.41, 5.74) is 19.6. The summed E-state index contributed by atoms with van der Waals surface area (Å²) in [4.78, 5) is 9.89. The van der Waals surface area contributed by atoms with Crippen LogP contribution in [0.5, 0.6) is 11.5 Å². The zero-order valence-corrected chi connectivity index (χ0v) is 54.6. The molecule has 11 aromatic rings. The minimum atomic E-state index is -0.473. The van der Waals surface area contributed by atoms with E-state index in [1.54, 1.807) is 0 Å². The second-order valence-corrected chi connectivity index (χ2v) is 27.0. The molecule has 438 valence electrons. The first-order chi connectivity index (χ1) is 40.6. The molecule has 6 heteroatoms. The van der Waals surface area contributed by atoms with E-state index in [1.165, 1.54) is 55.6 Å². The molecule has 0 saturated carbocycles. The summed E-state index contributed by atoms with van der Waals surface area (Å²) in [6, 6.07) is 81.0. The van der Waals surface area contributed by atoms with Gasteiger partial charge in [-0.25, -0.2) is 4.98 Å². The molecule has 0 saturated heterocycles. The van der Waals surface area contributed by atoms with Crippen molar-refractivity contribution in [2.75, 3.05) is 9.80 Å². The smallest absolute Gasteiger partial charge is 0.135 e. The molecule has 0 aliphatic carbocycles. The van der Waals surface area contributed by atoms with E-state index in [0.29, 0.717) is 11.5 Å². The maximum absolute atomic E-state index is 7.53. The topological polar surface area (TPSA) is 33.5 Å². The van der Waals surface area contributed by atoms with Gasteiger partial charge >= 0.3 is 0 Å². The average Bonchev–Trinajstić information content (AvgIpc) is 1.65. The molecule has 5 nitrogen and oxygen atoms in total. The van der Waals surface area contributed by atoms with Crippen LogP contribution in [0.15, 0.2) is 206 Å². The molecule has 0 spiro atoms. The number of fused-ring (bicyclic) bond motifs is 4. The zero-order chi connectivity index (χ0) is 59.7. The predicted octanol–water partition coefficient (Wildman–Crippen LogP) is 21.8. The minimum Gasteiger partial charge on any atom is -0.509 e. The number of anilines is 4. The standard InChI is InChI=1S/C80H79N4O.Pt/c1-52(2)66-34-26-35-67(53(3)4)75(66)56-43-63(82-51-83(72-46-59(77(5,6)7)37-38-71(72)82)62-42-55(54-27-18-15-19-28-54)41-61(45-62)78(8,9)10)48-64(44-56)85-65-49-69(80(13,14)58-31-22-17-23-32-58)76-68-33-24-25-36-70(68)84(73(76)50-65)74-47-60(39-40-81-74)79(11,12)57-29-20-16-21-30-57;/h15-47,49,51-53H,1-14H3;/q-3;. The molecule has 0 bridgehead atoms. The summed E-state index contributed by atoms with van der Waals surface area (Å²) in [6.45, 7) is 34.5. The Bertz CT molecular complexity index is 4250. The number of hydrogen-bond acceptors (Lipinski definition) is 4. The van der Waals surface area contributed by atoms with Crippen molar-refractivity contribution in [1.29, 1.82) is 0 Å². The number of nitrogens with zero attached hydrogens (tertiary/aromatic N) is 4. The summed E-state index contributed by atoms with van der Waals surface area (Å²) in [5.74, 6) is 2.52. The van der Waals surface area contributed by atoms with Gasteiger partial charge in [-0.15, -0.1) is 53.8 Å². The Labute approximate surface area is 526 Å². The van der Waals surface area contributed by atoms with E-state index in [0.717, 1.165) is 61.5 Å². The molecule has 86 heavy (non-hydrogen) atoms. The maximum atomic E-state index is 7.53. The van der Waals surface area contributed by atoms with Gasteiger partial charge in [-0.1, -0.05) is 247 Å². The number of benzene rings is 9. The van der Waals surface area contributed by atoms with Crippen molar-refractivity contribution in [2.45, 2.75) is 130 Å². The minimum absolute atomic E-state index is 0. The van der Waals surface area contributed by atoms with E-state index in [4.69, 9.17) is 9.72 Å². The van der Waals surface area contributed by atoms with Crippen molar-refractivity contribution in [2.24, 2.45) is 0 Å². The summed E-state index contributed by atoms with van der Waals surface area (Å²) in [6.07, 6.45) is 1.95. The van der Waals surface area contributed by atoms with Crippen molar-refractivity contribution in [1.82, 2.24) is 9.55 Å². The van der Waals surface area contributed by atoms with Crippen molar-refractivity contribution in [3.05, 3.63) is 270 Å². The molecule has 0 amide bonds. The first kappa shape index (κ1) is 59.7. The molecule has 1 aliphatic rings. The fraction of sp³-hybridized carbons (Fsp3) is 0.250. The van der Waals surface area contributed by atoms with E-state index in [-0.39, 0.29) is 49.1 Å². The monoisotopic (exact) mass is 1310 g/mol. The van der Waals surface area contributed by atoms with Crippen molar-refractivity contribution in [3.8, 4) is 39.6 Å². The largest absolute Gasteiger partial charge is 0.509 e. The normalized spacial score (nSPS) is 13.0. The van der Waals surface area contributed by atoms with Gasteiger partial charge in [0, 0.05) is 66.8 Å². The Balaban J connectivity index is 0.00000768. The van der Waals surface area contributed by atoms with Crippen molar-refractivity contribution >= 4 is 44.6 Å². The van der Waals surface area contributed by atoms with Gasteiger partial charge in [0.2, 0.25) is 0 Å². The summed E-state index contributed by atoms with van der Waals surface area (Å²) < 4.78 is 9.82. The average molecular weight is 1310 g/mol. The van der Waals surface area contributed by atoms with Gasteiger partial charge in [0.15, 0.2) is 0 Å². The second kappa shape index (κ2) is 23.0. The maximum Gasteiger partial charge on any atom is 0.135 e. The van der Waals surface area contributed by atoms with E-state index in [2.05, 4.69) is 330 Å². The van der Waals surface area contributed by atoms with Gasteiger partial charge in [0.1, 0.15) is 5.82 Å². The number of ether oxygens (including phenoxy) is 1. The first-order valence-corrected chi connectivity index (χ1v) is 30.3. The number of aromatic nitrogens is 2. The van der Waals surface area contributed by atoms with E-state index in [1.807, 2.05) is 6.20 Å².